The van der Waals surface area contributed by atoms with Gasteiger partial charge in [0.1, 0.15) is 29.8 Å². The van der Waals surface area contributed by atoms with Crippen LogP contribution in [0.2, 0.25) is 0 Å². The normalized spacial score (nSPS) is 16.1. The number of amidine groups is 2. The van der Waals surface area contributed by atoms with E-state index in [0.29, 0.717) is 29.2 Å². The highest BCUT2D eigenvalue weighted by Gasteiger charge is 2.36. The van der Waals surface area contributed by atoms with Crippen molar-refractivity contribution in [3.05, 3.63) is 101 Å². The molecule has 3 aromatic carbocycles. The summed E-state index contributed by atoms with van der Waals surface area (Å²) in [5.41, 5.74) is 4.11. The van der Waals surface area contributed by atoms with Crippen LogP contribution in [0, 0.1) is 19.3 Å². The van der Waals surface area contributed by atoms with Crippen molar-refractivity contribution in [3.8, 4) is 11.5 Å². The highest BCUT2D eigenvalue weighted by molar-refractivity contribution is 8.27. The molecular weight excluding hydrogens is 472 g/mol. The molecule has 0 aromatic heterocycles. The number of carbonyl (C=O) groups is 1. The van der Waals surface area contributed by atoms with Crippen LogP contribution in [0.15, 0.2) is 88.5 Å². The van der Waals surface area contributed by atoms with Crippen molar-refractivity contribution in [1.82, 2.24) is 5.01 Å². The van der Waals surface area contributed by atoms with Crippen molar-refractivity contribution in [3.63, 3.8) is 0 Å². The van der Waals surface area contributed by atoms with Crippen molar-refractivity contribution < 1.29 is 14.3 Å². The second-order valence-corrected chi connectivity index (χ2v) is 9.28. The molecule has 2 heterocycles. The van der Waals surface area contributed by atoms with Crippen LogP contribution in [0.5, 0.6) is 11.5 Å². The molecule has 0 spiro atoms. The van der Waals surface area contributed by atoms with E-state index < -0.39 is 5.91 Å². The molecular formula is C28H24N4O3S. The average Bonchev–Trinajstić information content (AvgIpc) is 3.31. The van der Waals surface area contributed by atoms with E-state index in [-0.39, 0.29) is 11.4 Å². The van der Waals surface area contributed by atoms with Gasteiger partial charge in [-0.2, -0.15) is 15.1 Å². The summed E-state index contributed by atoms with van der Waals surface area (Å²) in [6, 6.07) is 23.1. The van der Waals surface area contributed by atoms with E-state index >= 15 is 0 Å². The Kier molecular flexibility index (Phi) is 6.69. The van der Waals surface area contributed by atoms with Gasteiger partial charge in [-0.05, 0) is 61.0 Å². The van der Waals surface area contributed by atoms with Crippen molar-refractivity contribution in [2.75, 3.05) is 13.2 Å². The molecule has 8 heteroatoms. The smallest absolute Gasteiger partial charge is 0.283 e. The summed E-state index contributed by atoms with van der Waals surface area (Å²) in [6.07, 6.45) is 1.65. The van der Waals surface area contributed by atoms with Gasteiger partial charge in [-0.15, -0.1) is 0 Å². The van der Waals surface area contributed by atoms with Crippen LogP contribution < -0.4 is 9.47 Å². The number of thioether (sulfide) groups is 1. The highest BCUT2D eigenvalue weighted by atomic mass is 32.2. The Bertz CT molecular complexity index is 1410. The van der Waals surface area contributed by atoms with Gasteiger partial charge in [0, 0.05) is 5.56 Å². The molecule has 3 aromatic rings. The number of nitrogens with one attached hydrogen (secondary N) is 1. The zero-order chi connectivity index (χ0) is 25.1. The van der Waals surface area contributed by atoms with Crippen LogP contribution in [-0.2, 0) is 4.79 Å². The molecule has 0 saturated heterocycles. The molecule has 36 heavy (non-hydrogen) atoms. The number of aliphatic imine (C=N–C) groups is 1. The lowest BCUT2D eigenvalue weighted by atomic mass is 10.1. The maximum absolute atomic E-state index is 12.7. The fourth-order valence-corrected chi connectivity index (χ4v) is 4.56. The van der Waals surface area contributed by atoms with Crippen molar-refractivity contribution >= 4 is 39.8 Å². The number of nitrogens with zero attached hydrogens (tertiary/aromatic N) is 3. The Balaban J connectivity index is 1.23. The summed E-state index contributed by atoms with van der Waals surface area (Å²) in [4.78, 5) is 16.9. The van der Waals surface area contributed by atoms with E-state index in [1.54, 1.807) is 6.08 Å². The van der Waals surface area contributed by atoms with Crippen molar-refractivity contribution in [2.24, 2.45) is 10.1 Å². The Labute approximate surface area is 213 Å². The molecule has 2 aliphatic rings. The monoisotopic (exact) mass is 496 g/mol. The predicted octanol–water partition coefficient (Wildman–Crippen LogP) is 5.43. The number of amides is 1. The molecule has 7 nitrogen and oxygen atoms in total. The topological polar surface area (TPSA) is 87.3 Å². The van der Waals surface area contributed by atoms with E-state index in [1.165, 1.54) is 16.8 Å². The summed E-state index contributed by atoms with van der Waals surface area (Å²) in [5, 5.41) is 15.6. The lowest BCUT2D eigenvalue weighted by Crippen LogP contribution is -2.35. The quantitative estimate of drug-likeness (QED) is 0.348. The molecule has 0 radical (unpaired) electrons. The number of para-hydroxylation sites is 1. The van der Waals surface area contributed by atoms with Crippen molar-refractivity contribution in [1.29, 1.82) is 5.41 Å². The molecule has 0 fully saturated rings. The van der Waals surface area contributed by atoms with Crippen LogP contribution in [-0.4, -0.2) is 40.2 Å². The van der Waals surface area contributed by atoms with Crippen LogP contribution >= 0.6 is 11.8 Å². The van der Waals surface area contributed by atoms with Gasteiger partial charge < -0.3 is 9.47 Å². The average molecular weight is 497 g/mol. The summed E-state index contributed by atoms with van der Waals surface area (Å²) in [6.45, 7) is 4.86. The second kappa shape index (κ2) is 10.2. The largest absolute Gasteiger partial charge is 0.490 e. The van der Waals surface area contributed by atoms with Gasteiger partial charge in [0.15, 0.2) is 5.84 Å². The van der Waals surface area contributed by atoms with Crippen LogP contribution in [0.1, 0.15) is 22.3 Å². The van der Waals surface area contributed by atoms with E-state index in [9.17, 15) is 4.79 Å². The minimum atomic E-state index is -0.451. The van der Waals surface area contributed by atoms with Gasteiger partial charge in [0.25, 0.3) is 5.91 Å². The Hall–Kier alpha value is -4.17. The number of rotatable bonds is 7. The van der Waals surface area contributed by atoms with E-state index in [4.69, 9.17) is 14.9 Å². The molecule has 1 amide bonds. The van der Waals surface area contributed by atoms with Crippen LogP contribution in [0.25, 0.3) is 6.08 Å². The SMILES string of the molecule is Cc1ccc(C2=NN3C(=N)/C(=C\c4ccc(OCCOc5ccccc5C)cc4)C(=O)N=C3S2)cc1. The first-order valence-corrected chi connectivity index (χ1v) is 12.3. The fraction of sp³-hybridized carbons (Fsp3) is 0.143. The van der Waals surface area contributed by atoms with Crippen LogP contribution in [0.4, 0.5) is 0 Å². The lowest BCUT2D eigenvalue weighted by molar-refractivity contribution is -0.114. The number of hydrazone groups is 1. The molecule has 5 rings (SSSR count). The number of hydrogen-bond donors (Lipinski definition) is 1. The van der Waals surface area contributed by atoms with Gasteiger partial charge >= 0.3 is 0 Å². The number of hydrogen-bond acceptors (Lipinski definition) is 6. The Morgan fingerprint density at radius 3 is 2.42 bits per heavy atom. The second-order valence-electron chi connectivity index (χ2n) is 8.32. The third-order valence-corrected chi connectivity index (χ3v) is 6.60. The van der Waals surface area contributed by atoms with Gasteiger partial charge in [0.2, 0.25) is 5.17 Å². The molecule has 0 aliphatic carbocycles. The summed E-state index contributed by atoms with van der Waals surface area (Å²) < 4.78 is 11.5. The van der Waals surface area contributed by atoms with E-state index in [0.717, 1.165) is 28.0 Å². The zero-order valence-corrected chi connectivity index (χ0v) is 20.7. The third kappa shape index (κ3) is 5.08. The fourth-order valence-electron chi connectivity index (χ4n) is 3.66. The number of fused-ring (bicyclic) bond motifs is 1. The minimum Gasteiger partial charge on any atom is -0.490 e. The number of aryl methyl sites for hydroxylation is 2. The number of ether oxygens (including phenoxy) is 2. The third-order valence-electron chi connectivity index (χ3n) is 5.65. The first-order chi connectivity index (χ1) is 17.5. The number of benzene rings is 3. The molecule has 0 atom stereocenters. The summed E-state index contributed by atoms with van der Waals surface area (Å²) >= 11 is 1.29. The molecule has 0 bridgehead atoms. The van der Waals surface area contributed by atoms with Crippen LogP contribution in [0.3, 0.4) is 0 Å². The van der Waals surface area contributed by atoms with E-state index in [1.807, 2.05) is 86.6 Å². The lowest BCUT2D eigenvalue weighted by Gasteiger charge is -2.20. The van der Waals surface area contributed by atoms with E-state index in [2.05, 4.69) is 10.1 Å². The first-order valence-electron chi connectivity index (χ1n) is 11.5. The molecule has 1 N–H and O–H groups in total. The zero-order valence-electron chi connectivity index (χ0n) is 19.9. The minimum absolute atomic E-state index is 0.00768. The molecule has 0 unspecified atom stereocenters. The molecule has 0 saturated carbocycles. The van der Waals surface area contributed by atoms with Gasteiger partial charge in [-0.1, -0.05) is 60.2 Å². The maximum atomic E-state index is 12.7. The molecule has 2 aliphatic heterocycles. The number of carbonyl (C=O) groups excluding carboxylic acids is 1. The standard InChI is InChI=1S/C28H24N4O3S/c1-18-7-11-21(12-8-18)27-31-32-25(29)23(26(33)30-28(32)36-27)17-20-9-13-22(14-10-20)34-15-16-35-24-6-4-3-5-19(24)2/h3-14,17,29H,15-16H2,1-2H3/b23-17+,29-25?. The van der Waals surface area contributed by atoms with Crippen molar-refractivity contribution in [2.45, 2.75) is 13.8 Å². The highest BCUT2D eigenvalue weighted by Crippen LogP contribution is 2.31. The first kappa shape index (κ1) is 23.6. The summed E-state index contributed by atoms with van der Waals surface area (Å²) in [7, 11) is 0. The Morgan fingerprint density at radius 1 is 0.944 bits per heavy atom. The predicted molar refractivity (Wildman–Crippen MR) is 144 cm³/mol. The van der Waals surface area contributed by atoms with Gasteiger partial charge in [-0.25, -0.2) is 0 Å². The maximum Gasteiger partial charge on any atom is 0.283 e. The van der Waals surface area contributed by atoms with Gasteiger partial charge in [0.05, 0.1) is 5.57 Å². The molecule has 180 valence electrons. The van der Waals surface area contributed by atoms with Gasteiger partial charge in [-0.3, -0.25) is 10.2 Å². The Morgan fingerprint density at radius 2 is 1.67 bits per heavy atom. The summed E-state index contributed by atoms with van der Waals surface area (Å²) in [5.74, 6) is 1.10.